The van der Waals surface area contributed by atoms with Gasteiger partial charge in [-0.3, -0.25) is 0 Å². The van der Waals surface area contributed by atoms with Crippen molar-refractivity contribution in [2.45, 2.75) is 83.7 Å². The van der Waals surface area contributed by atoms with E-state index in [4.69, 9.17) is 4.74 Å². The second-order valence-electron chi connectivity index (χ2n) is 10.0. The molecule has 2 unspecified atom stereocenters. The lowest BCUT2D eigenvalue weighted by Gasteiger charge is -2.29. The SMILES string of the molecule is CCCCCC1CCC(c2ccc(-c3ccc(-c4ccc(CCCC)c(F)c4F)cc3)c(F)c2)CO1. The van der Waals surface area contributed by atoms with Crippen LogP contribution < -0.4 is 0 Å². The van der Waals surface area contributed by atoms with Crippen LogP contribution in [0.15, 0.2) is 54.6 Å². The highest BCUT2D eigenvalue weighted by atomic mass is 19.2. The Morgan fingerprint density at radius 2 is 1.44 bits per heavy atom. The van der Waals surface area contributed by atoms with Gasteiger partial charge in [-0.05, 0) is 60.4 Å². The summed E-state index contributed by atoms with van der Waals surface area (Å²) in [5.74, 6) is -1.65. The van der Waals surface area contributed by atoms with E-state index in [1.165, 1.54) is 19.3 Å². The van der Waals surface area contributed by atoms with Crippen LogP contribution in [0.25, 0.3) is 22.3 Å². The van der Waals surface area contributed by atoms with Crippen molar-refractivity contribution in [2.75, 3.05) is 6.61 Å². The molecule has 1 nitrogen and oxygen atoms in total. The summed E-state index contributed by atoms with van der Waals surface area (Å²) in [6, 6.07) is 15.7. The van der Waals surface area contributed by atoms with Gasteiger partial charge in [0.1, 0.15) is 5.82 Å². The van der Waals surface area contributed by atoms with Crippen molar-refractivity contribution in [3.05, 3.63) is 83.2 Å². The van der Waals surface area contributed by atoms with Gasteiger partial charge < -0.3 is 4.74 Å². The fourth-order valence-electron chi connectivity index (χ4n) is 5.14. The van der Waals surface area contributed by atoms with E-state index in [1.807, 2.05) is 19.1 Å². The zero-order chi connectivity index (χ0) is 25.5. The number of hydrogen-bond donors (Lipinski definition) is 0. The van der Waals surface area contributed by atoms with Crippen molar-refractivity contribution in [2.24, 2.45) is 0 Å². The van der Waals surface area contributed by atoms with Gasteiger partial charge in [0.15, 0.2) is 11.6 Å². The third-order valence-electron chi connectivity index (χ3n) is 7.43. The standard InChI is InChI=1S/C32H37F3O/c1-3-5-7-9-27-17-14-26(21-36-27)25-16-18-28(30(33)20-25)22-10-12-23(13-11-22)29-19-15-24(8-6-4-2)31(34)32(29)35/h10-13,15-16,18-20,26-27H,3-9,14,17,21H2,1-2H3. The fraction of sp³-hybridized carbons (Fsp3) is 0.438. The summed E-state index contributed by atoms with van der Waals surface area (Å²) in [5, 5.41) is 0. The number of aryl methyl sites for hydroxylation is 1. The van der Waals surface area contributed by atoms with Gasteiger partial charge in [0.25, 0.3) is 0 Å². The van der Waals surface area contributed by atoms with Crippen LogP contribution in [0.2, 0.25) is 0 Å². The Morgan fingerprint density at radius 3 is 2.08 bits per heavy atom. The Kier molecular flexibility index (Phi) is 9.25. The molecule has 0 aromatic heterocycles. The molecule has 4 heteroatoms. The number of ether oxygens (including phenoxy) is 1. The van der Waals surface area contributed by atoms with Crippen LogP contribution in [-0.2, 0) is 11.2 Å². The topological polar surface area (TPSA) is 9.23 Å². The first-order valence-electron chi connectivity index (χ1n) is 13.5. The Labute approximate surface area is 213 Å². The third-order valence-corrected chi connectivity index (χ3v) is 7.43. The van der Waals surface area contributed by atoms with Crippen molar-refractivity contribution < 1.29 is 17.9 Å². The Hall–Kier alpha value is -2.59. The average molecular weight is 495 g/mol. The molecule has 1 saturated heterocycles. The normalized spacial score (nSPS) is 17.9. The van der Waals surface area contributed by atoms with Gasteiger partial charge in [-0.2, -0.15) is 0 Å². The van der Waals surface area contributed by atoms with Crippen LogP contribution in [0, 0.1) is 17.5 Å². The third kappa shape index (κ3) is 6.21. The summed E-state index contributed by atoms with van der Waals surface area (Å²) in [4.78, 5) is 0. The summed E-state index contributed by atoms with van der Waals surface area (Å²) >= 11 is 0. The lowest BCUT2D eigenvalue weighted by Crippen LogP contribution is -2.24. The zero-order valence-electron chi connectivity index (χ0n) is 21.5. The highest BCUT2D eigenvalue weighted by molar-refractivity contribution is 5.71. The second-order valence-corrected chi connectivity index (χ2v) is 10.0. The molecule has 1 aliphatic heterocycles. The van der Waals surface area contributed by atoms with Crippen LogP contribution in [-0.4, -0.2) is 12.7 Å². The van der Waals surface area contributed by atoms with E-state index >= 15 is 4.39 Å². The van der Waals surface area contributed by atoms with E-state index in [0.29, 0.717) is 41.4 Å². The Morgan fingerprint density at radius 1 is 0.750 bits per heavy atom. The van der Waals surface area contributed by atoms with Crippen LogP contribution >= 0.6 is 0 Å². The summed E-state index contributed by atoms with van der Waals surface area (Å²) in [6.45, 7) is 4.87. The predicted molar refractivity (Wildman–Crippen MR) is 142 cm³/mol. The molecule has 0 saturated carbocycles. The number of halogens is 3. The monoisotopic (exact) mass is 494 g/mol. The molecule has 3 aromatic carbocycles. The molecule has 0 amide bonds. The maximum absolute atomic E-state index is 15.1. The van der Waals surface area contributed by atoms with Crippen LogP contribution in [0.4, 0.5) is 13.2 Å². The molecule has 0 radical (unpaired) electrons. The molecular weight excluding hydrogens is 457 g/mol. The number of rotatable bonds is 10. The van der Waals surface area contributed by atoms with E-state index in [0.717, 1.165) is 37.7 Å². The smallest absolute Gasteiger partial charge is 0.166 e. The molecule has 0 bridgehead atoms. The number of unbranched alkanes of at least 4 members (excludes halogenated alkanes) is 3. The Bertz CT molecular complexity index is 1130. The van der Waals surface area contributed by atoms with Crippen molar-refractivity contribution in [3.8, 4) is 22.3 Å². The number of benzene rings is 3. The molecule has 1 fully saturated rings. The van der Waals surface area contributed by atoms with Gasteiger partial charge in [-0.15, -0.1) is 0 Å². The first-order valence-corrected chi connectivity index (χ1v) is 13.5. The first-order chi connectivity index (χ1) is 17.5. The molecule has 0 aliphatic carbocycles. The van der Waals surface area contributed by atoms with Crippen LogP contribution in [0.3, 0.4) is 0 Å². The van der Waals surface area contributed by atoms with Crippen molar-refractivity contribution in [3.63, 3.8) is 0 Å². The highest BCUT2D eigenvalue weighted by Crippen LogP contribution is 2.34. The molecule has 192 valence electrons. The Balaban J connectivity index is 1.44. The summed E-state index contributed by atoms with van der Waals surface area (Å²) < 4.78 is 50.4. The average Bonchev–Trinajstić information content (AvgIpc) is 2.90. The minimum Gasteiger partial charge on any atom is -0.378 e. The van der Waals surface area contributed by atoms with E-state index in [-0.39, 0.29) is 17.3 Å². The molecule has 36 heavy (non-hydrogen) atoms. The van der Waals surface area contributed by atoms with Gasteiger partial charge in [0.05, 0.1) is 12.7 Å². The van der Waals surface area contributed by atoms with E-state index in [1.54, 1.807) is 42.5 Å². The highest BCUT2D eigenvalue weighted by Gasteiger charge is 2.23. The summed E-state index contributed by atoms with van der Waals surface area (Å²) in [6.07, 6.45) is 9.43. The predicted octanol–water partition coefficient (Wildman–Crippen LogP) is 9.62. The van der Waals surface area contributed by atoms with Crippen molar-refractivity contribution in [1.82, 2.24) is 0 Å². The van der Waals surface area contributed by atoms with Gasteiger partial charge in [0, 0.05) is 17.0 Å². The van der Waals surface area contributed by atoms with E-state index < -0.39 is 11.6 Å². The summed E-state index contributed by atoms with van der Waals surface area (Å²) in [7, 11) is 0. The van der Waals surface area contributed by atoms with Gasteiger partial charge in [-0.25, -0.2) is 13.2 Å². The maximum atomic E-state index is 15.1. The van der Waals surface area contributed by atoms with Crippen LogP contribution in [0.1, 0.15) is 82.3 Å². The van der Waals surface area contributed by atoms with E-state index in [9.17, 15) is 8.78 Å². The maximum Gasteiger partial charge on any atom is 0.166 e. The molecule has 2 atom stereocenters. The minimum atomic E-state index is -0.825. The fourth-order valence-corrected chi connectivity index (χ4v) is 5.14. The second kappa shape index (κ2) is 12.6. The van der Waals surface area contributed by atoms with Crippen molar-refractivity contribution >= 4 is 0 Å². The molecule has 1 heterocycles. The number of hydrogen-bond acceptors (Lipinski definition) is 1. The summed E-state index contributed by atoms with van der Waals surface area (Å²) in [5.41, 5.74) is 3.38. The van der Waals surface area contributed by atoms with Crippen LogP contribution in [0.5, 0.6) is 0 Å². The molecule has 0 N–H and O–H groups in total. The lowest BCUT2D eigenvalue weighted by molar-refractivity contribution is -0.00211. The largest absolute Gasteiger partial charge is 0.378 e. The molecule has 0 spiro atoms. The van der Waals surface area contributed by atoms with E-state index in [2.05, 4.69) is 6.92 Å². The van der Waals surface area contributed by atoms with Crippen molar-refractivity contribution in [1.29, 1.82) is 0 Å². The molecular formula is C32H37F3O. The quantitative estimate of drug-likeness (QED) is 0.255. The zero-order valence-corrected chi connectivity index (χ0v) is 21.5. The van der Waals surface area contributed by atoms with Gasteiger partial charge in [0.2, 0.25) is 0 Å². The van der Waals surface area contributed by atoms with Gasteiger partial charge in [-0.1, -0.05) is 88.1 Å². The van der Waals surface area contributed by atoms with Gasteiger partial charge >= 0.3 is 0 Å². The minimum absolute atomic E-state index is 0.219. The lowest BCUT2D eigenvalue weighted by atomic mass is 9.89. The molecule has 3 aromatic rings. The molecule has 4 rings (SSSR count). The first kappa shape index (κ1) is 26.5. The molecule has 1 aliphatic rings.